The molecule has 0 aliphatic rings. The molecule has 0 heterocycles. The predicted molar refractivity (Wildman–Crippen MR) is 81.8 cm³/mol. The van der Waals surface area contributed by atoms with Gasteiger partial charge in [-0.2, -0.15) is 0 Å². The first-order valence-corrected chi connectivity index (χ1v) is 9.33. The van der Waals surface area contributed by atoms with Crippen LogP contribution in [0.3, 0.4) is 0 Å². The fourth-order valence-corrected chi connectivity index (χ4v) is 7.03. The third-order valence-electron chi connectivity index (χ3n) is 3.63. The zero-order valence-corrected chi connectivity index (χ0v) is 14.9. The number of hydrogen-bond donors (Lipinski definition) is 0. The number of rotatable bonds is 7. The van der Waals surface area contributed by atoms with Gasteiger partial charge in [0.2, 0.25) is 0 Å². The smallest absolute Gasteiger partial charge is 0.311 e. The Balaban J connectivity index is 3.69. The van der Waals surface area contributed by atoms with Crippen LogP contribution in [0.1, 0.15) is 18.1 Å². The number of aryl methyl sites for hydroxylation is 1. The maximum atomic E-state index is 13.0. The van der Waals surface area contributed by atoms with Gasteiger partial charge in [0.05, 0.1) is 0 Å². The van der Waals surface area contributed by atoms with Crippen LogP contribution in [0.4, 0.5) is 0 Å². The van der Waals surface area contributed by atoms with E-state index in [1.807, 2.05) is 19.1 Å². The second-order valence-electron chi connectivity index (χ2n) is 4.61. The van der Waals surface area contributed by atoms with Crippen LogP contribution >= 0.6 is 15.2 Å². The molecule has 0 saturated carbocycles. The van der Waals surface area contributed by atoms with E-state index in [4.69, 9.17) is 18.1 Å². The standard InChI is InChI=1S/C13H22O6P2/c1-11-7-9-12(10-8-11)13(2,20(14,16-3)17-4)21(15,18-5)19-6/h7-10H,1-6H3. The average molecular weight is 336 g/mol. The topological polar surface area (TPSA) is 71.1 Å². The summed E-state index contributed by atoms with van der Waals surface area (Å²) in [4.78, 5) is -1.58. The summed E-state index contributed by atoms with van der Waals surface area (Å²) in [7, 11) is -2.65. The summed E-state index contributed by atoms with van der Waals surface area (Å²) >= 11 is 0. The largest absolute Gasteiger partial charge is 0.352 e. The molecule has 120 valence electrons. The van der Waals surface area contributed by atoms with E-state index in [1.54, 1.807) is 12.1 Å². The molecule has 0 unspecified atom stereocenters. The third kappa shape index (κ3) is 2.89. The van der Waals surface area contributed by atoms with Crippen LogP contribution in [-0.2, 0) is 32.1 Å². The lowest BCUT2D eigenvalue weighted by Crippen LogP contribution is -2.26. The first kappa shape index (κ1) is 18.6. The Labute approximate surface area is 125 Å². The monoisotopic (exact) mass is 336 g/mol. The minimum atomic E-state index is -3.81. The molecule has 0 radical (unpaired) electrons. The summed E-state index contributed by atoms with van der Waals surface area (Å²) in [5.41, 5.74) is 1.50. The van der Waals surface area contributed by atoms with E-state index in [0.717, 1.165) is 5.56 Å². The Bertz CT molecular complexity index is 527. The molecule has 0 spiro atoms. The lowest BCUT2D eigenvalue weighted by Gasteiger charge is -2.38. The fraction of sp³-hybridized carbons (Fsp3) is 0.538. The summed E-state index contributed by atoms with van der Waals surface area (Å²) in [5.74, 6) is 0. The maximum Gasteiger partial charge on any atom is 0.352 e. The van der Waals surface area contributed by atoms with Gasteiger partial charge in [0.25, 0.3) is 0 Å². The minimum absolute atomic E-state index is 0.493. The highest BCUT2D eigenvalue weighted by Crippen LogP contribution is 2.81. The van der Waals surface area contributed by atoms with Crippen molar-refractivity contribution < 1.29 is 27.2 Å². The van der Waals surface area contributed by atoms with Gasteiger partial charge < -0.3 is 18.1 Å². The highest BCUT2D eigenvalue weighted by atomic mass is 31.2. The Kier molecular flexibility index (Phi) is 5.96. The quantitative estimate of drug-likeness (QED) is 0.697. The molecule has 0 aliphatic carbocycles. The summed E-state index contributed by atoms with van der Waals surface area (Å²) in [6.07, 6.45) is 0. The van der Waals surface area contributed by atoms with E-state index in [-0.39, 0.29) is 0 Å². The van der Waals surface area contributed by atoms with Gasteiger partial charge >= 0.3 is 15.2 Å². The molecular weight excluding hydrogens is 314 g/mol. The maximum absolute atomic E-state index is 13.0. The molecule has 6 nitrogen and oxygen atoms in total. The van der Waals surface area contributed by atoms with Crippen LogP contribution in [0.5, 0.6) is 0 Å². The van der Waals surface area contributed by atoms with Crippen molar-refractivity contribution in [2.24, 2.45) is 0 Å². The Hall–Kier alpha value is -0.480. The van der Waals surface area contributed by atoms with Gasteiger partial charge in [0, 0.05) is 28.4 Å². The van der Waals surface area contributed by atoms with E-state index < -0.39 is 20.1 Å². The van der Waals surface area contributed by atoms with Crippen LogP contribution < -0.4 is 0 Å². The molecular formula is C13H22O6P2. The Morgan fingerprint density at radius 3 is 1.43 bits per heavy atom. The second kappa shape index (κ2) is 6.74. The zero-order chi connectivity index (χ0) is 16.3. The second-order valence-corrected chi connectivity index (χ2v) is 10.2. The van der Waals surface area contributed by atoms with E-state index in [2.05, 4.69) is 0 Å². The lowest BCUT2D eigenvalue weighted by molar-refractivity contribution is 0.228. The van der Waals surface area contributed by atoms with Crippen LogP contribution in [0.2, 0.25) is 0 Å². The number of benzene rings is 1. The summed E-state index contributed by atoms with van der Waals surface area (Å²) in [6, 6.07) is 7.06. The SMILES string of the molecule is COP(=O)(OC)C(C)(c1ccc(C)cc1)P(=O)(OC)OC. The van der Waals surface area contributed by atoms with Gasteiger partial charge in [-0.1, -0.05) is 29.8 Å². The summed E-state index contributed by atoms with van der Waals surface area (Å²) in [6.45, 7) is 3.42. The van der Waals surface area contributed by atoms with Crippen LogP contribution in [0, 0.1) is 6.92 Å². The van der Waals surface area contributed by atoms with Crippen LogP contribution in [-0.4, -0.2) is 28.4 Å². The molecule has 0 saturated heterocycles. The van der Waals surface area contributed by atoms with E-state index >= 15 is 0 Å². The molecule has 21 heavy (non-hydrogen) atoms. The molecule has 8 heteroatoms. The fourth-order valence-electron chi connectivity index (χ4n) is 2.20. The van der Waals surface area contributed by atoms with Crippen molar-refractivity contribution >= 4 is 15.2 Å². The normalized spacial score (nSPS) is 13.4. The van der Waals surface area contributed by atoms with Crippen molar-refractivity contribution in [3.63, 3.8) is 0 Å². The molecule has 0 aliphatic heterocycles. The van der Waals surface area contributed by atoms with Gasteiger partial charge in [0.1, 0.15) is 0 Å². The van der Waals surface area contributed by atoms with Crippen molar-refractivity contribution in [1.29, 1.82) is 0 Å². The Morgan fingerprint density at radius 1 is 0.810 bits per heavy atom. The third-order valence-corrected chi connectivity index (χ3v) is 9.67. The molecule has 0 N–H and O–H groups in total. The molecule has 0 fully saturated rings. The average Bonchev–Trinajstić information content (AvgIpc) is 2.52. The van der Waals surface area contributed by atoms with Crippen molar-refractivity contribution in [2.45, 2.75) is 18.7 Å². The molecule has 1 aromatic rings. The highest BCUT2D eigenvalue weighted by Gasteiger charge is 2.62. The van der Waals surface area contributed by atoms with Gasteiger partial charge in [0.15, 0.2) is 4.90 Å². The van der Waals surface area contributed by atoms with E-state index in [9.17, 15) is 9.13 Å². The Morgan fingerprint density at radius 2 is 1.14 bits per heavy atom. The number of hydrogen-bond acceptors (Lipinski definition) is 6. The lowest BCUT2D eigenvalue weighted by atomic mass is 10.1. The molecule has 0 atom stereocenters. The van der Waals surface area contributed by atoms with Gasteiger partial charge in [-0.25, -0.2) is 0 Å². The first-order chi connectivity index (χ1) is 9.74. The summed E-state index contributed by atoms with van der Waals surface area (Å²) < 4.78 is 46.4. The van der Waals surface area contributed by atoms with Crippen LogP contribution in [0.25, 0.3) is 0 Å². The first-order valence-electron chi connectivity index (χ1n) is 6.25. The molecule has 0 aromatic heterocycles. The zero-order valence-electron chi connectivity index (χ0n) is 13.2. The van der Waals surface area contributed by atoms with Crippen molar-refractivity contribution in [2.75, 3.05) is 28.4 Å². The van der Waals surface area contributed by atoms with Gasteiger partial charge in [-0.05, 0) is 19.4 Å². The molecule has 0 amide bonds. The molecule has 1 rings (SSSR count). The van der Waals surface area contributed by atoms with Crippen molar-refractivity contribution in [3.05, 3.63) is 35.4 Å². The van der Waals surface area contributed by atoms with Crippen molar-refractivity contribution in [3.8, 4) is 0 Å². The van der Waals surface area contributed by atoms with E-state index in [0.29, 0.717) is 5.56 Å². The minimum Gasteiger partial charge on any atom is -0.311 e. The van der Waals surface area contributed by atoms with Crippen molar-refractivity contribution in [1.82, 2.24) is 0 Å². The van der Waals surface area contributed by atoms with Gasteiger partial charge in [-0.15, -0.1) is 0 Å². The predicted octanol–water partition coefficient (Wildman–Crippen LogP) is 4.14. The summed E-state index contributed by atoms with van der Waals surface area (Å²) in [5, 5.41) is 0. The molecule has 0 bridgehead atoms. The van der Waals surface area contributed by atoms with Crippen LogP contribution in [0.15, 0.2) is 24.3 Å². The van der Waals surface area contributed by atoms with E-state index in [1.165, 1.54) is 35.4 Å². The highest BCUT2D eigenvalue weighted by molar-refractivity contribution is 7.73. The molecule has 1 aromatic carbocycles. The van der Waals surface area contributed by atoms with Gasteiger partial charge in [-0.3, -0.25) is 9.13 Å².